The fourth-order valence-corrected chi connectivity index (χ4v) is 12.7. The molecule has 88 heavy (non-hydrogen) atoms. The maximum Gasteiger partial charge on any atom is 0.125 e. The Balaban J connectivity index is 1.50. The second-order valence-corrected chi connectivity index (χ2v) is 32.7. The molecule has 14 bridgehead atoms. The van der Waals surface area contributed by atoms with Gasteiger partial charge >= 0.3 is 0 Å². The molecule has 8 rings (SSSR count). The quantitative estimate of drug-likeness (QED) is 0.161. The van der Waals surface area contributed by atoms with E-state index in [1.54, 1.807) is 28.4 Å². The van der Waals surface area contributed by atoms with Crippen molar-refractivity contribution in [3.63, 3.8) is 0 Å². The van der Waals surface area contributed by atoms with E-state index in [9.17, 15) is 15.3 Å². The predicted molar refractivity (Wildman–Crippen MR) is 367 cm³/mol. The lowest BCUT2D eigenvalue weighted by Crippen LogP contribution is -2.16. The molecule has 0 spiro atoms. The van der Waals surface area contributed by atoms with Gasteiger partial charge in [-0.05, 0) is 155 Å². The molecule has 0 unspecified atom stereocenters. The van der Waals surface area contributed by atoms with Gasteiger partial charge in [-0.1, -0.05) is 230 Å². The third-order valence-corrected chi connectivity index (χ3v) is 18.3. The van der Waals surface area contributed by atoms with Crippen molar-refractivity contribution in [1.82, 2.24) is 0 Å². The molecular formula is C81H106O7. The van der Waals surface area contributed by atoms with Crippen LogP contribution in [0, 0.1) is 0 Å². The SMILES string of the molecule is COc1c2cc(C(C)(C)C)cc1Cc1cc(C(C)(C)C)cc(c1O)Cc1cc(C(C)(C)C)cc(c1OC)Cc1cc(C(C)(C)C)cc(c1OC)Cc1cc(C(C)(C)C)cc(c1O)Cc1cc(C(C)(C)C)cc(c1OC)Cc1cc(C(C)(C)C)cc(c1O)C2. The van der Waals surface area contributed by atoms with Crippen LogP contribution < -0.4 is 18.9 Å². The van der Waals surface area contributed by atoms with Crippen LogP contribution in [0.15, 0.2) is 84.9 Å². The molecule has 7 aromatic carbocycles. The number of ether oxygens (including phenoxy) is 4. The van der Waals surface area contributed by atoms with Crippen LogP contribution >= 0.6 is 0 Å². The predicted octanol–water partition coefficient (Wildman–Crippen LogP) is 19.4. The van der Waals surface area contributed by atoms with Crippen molar-refractivity contribution in [2.75, 3.05) is 28.4 Å². The van der Waals surface area contributed by atoms with Crippen molar-refractivity contribution in [1.29, 1.82) is 0 Å². The zero-order valence-electron chi connectivity index (χ0n) is 58.5. The Bertz CT molecular complexity index is 3530. The molecule has 7 aromatic rings. The van der Waals surface area contributed by atoms with Crippen molar-refractivity contribution in [3.05, 3.63) is 202 Å². The van der Waals surface area contributed by atoms with Gasteiger partial charge in [0.15, 0.2) is 0 Å². The van der Waals surface area contributed by atoms with Crippen molar-refractivity contribution < 1.29 is 34.3 Å². The highest BCUT2D eigenvalue weighted by Gasteiger charge is 2.31. The lowest BCUT2D eigenvalue weighted by Gasteiger charge is -2.28. The minimum atomic E-state index is -0.263. The van der Waals surface area contributed by atoms with Crippen LogP contribution in [0.2, 0.25) is 0 Å². The van der Waals surface area contributed by atoms with E-state index in [1.165, 1.54) is 0 Å². The van der Waals surface area contributed by atoms with E-state index in [1.807, 2.05) is 0 Å². The van der Waals surface area contributed by atoms with Crippen LogP contribution in [0.4, 0.5) is 0 Å². The Morgan fingerprint density at radius 1 is 0.205 bits per heavy atom. The molecule has 0 aliphatic heterocycles. The average molecular weight is 1190 g/mol. The van der Waals surface area contributed by atoms with Crippen molar-refractivity contribution in [3.8, 4) is 40.2 Å². The second kappa shape index (κ2) is 24.2. The van der Waals surface area contributed by atoms with Crippen molar-refractivity contribution in [2.24, 2.45) is 0 Å². The Kier molecular flexibility index (Phi) is 18.4. The van der Waals surface area contributed by atoms with Crippen LogP contribution in [-0.4, -0.2) is 43.8 Å². The number of aromatic hydroxyl groups is 3. The van der Waals surface area contributed by atoms with Gasteiger partial charge in [-0.2, -0.15) is 0 Å². The van der Waals surface area contributed by atoms with E-state index >= 15 is 0 Å². The number of phenolic OH excluding ortho intramolecular Hbond substituents is 3. The molecule has 0 atom stereocenters. The number of hydrogen-bond donors (Lipinski definition) is 3. The Hall–Kier alpha value is -6.86. The number of hydrogen-bond acceptors (Lipinski definition) is 7. The molecule has 0 fully saturated rings. The van der Waals surface area contributed by atoms with E-state index < -0.39 is 0 Å². The smallest absolute Gasteiger partial charge is 0.125 e. The van der Waals surface area contributed by atoms with Crippen LogP contribution in [0.25, 0.3) is 0 Å². The van der Waals surface area contributed by atoms with E-state index in [-0.39, 0.29) is 55.2 Å². The first-order chi connectivity index (χ1) is 40.5. The molecule has 0 aromatic heterocycles. The molecule has 0 saturated carbocycles. The third-order valence-electron chi connectivity index (χ3n) is 18.3. The minimum absolute atomic E-state index is 0.233. The molecular weight excluding hydrogens is 1080 g/mol. The number of benzene rings is 7. The van der Waals surface area contributed by atoms with E-state index in [2.05, 4.69) is 230 Å². The third kappa shape index (κ3) is 14.4. The van der Waals surface area contributed by atoms with Gasteiger partial charge in [0.1, 0.15) is 40.2 Å². The summed E-state index contributed by atoms with van der Waals surface area (Å²) in [6, 6.07) is 31.2. The Labute approximate surface area is 530 Å². The highest BCUT2D eigenvalue weighted by Crippen LogP contribution is 2.46. The molecule has 472 valence electrons. The van der Waals surface area contributed by atoms with Crippen molar-refractivity contribution in [2.45, 2.75) is 228 Å². The topological polar surface area (TPSA) is 97.6 Å². The summed E-state index contributed by atoms with van der Waals surface area (Å²) in [5, 5.41) is 38.9. The highest BCUT2D eigenvalue weighted by molar-refractivity contribution is 5.62. The molecule has 1 aliphatic carbocycles. The minimum Gasteiger partial charge on any atom is -0.507 e. The number of methoxy groups -OCH3 is 4. The zero-order chi connectivity index (χ0) is 65.3. The molecule has 7 heteroatoms. The lowest BCUT2D eigenvalue weighted by atomic mass is 9.79. The molecule has 0 heterocycles. The second-order valence-electron chi connectivity index (χ2n) is 32.7. The van der Waals surface area contributed by atoms with Crippen molar-refractivity contribution >= 4 is 0 Å². The summed E-state index contributed by atoms with van der Waals surface area (Å²) < 4.78 is 26.3. The normalized spacial score (nSPS) is 14.0. The Morgan fingerprint density at radius 3 is 0.409 bits per heavy atom. The largest absolute Gasteiger partial charge is 0.507 e. The summed E-state index contributed by atoms with van der Waals surface area (Å²) in [5.41, 5.74) is 18.9. The van der Waals surface area contributed by atoms with E-state index in [0.717, 1.165) is 140 Å². The van der Waals surface area contributed by atoms with Gasteiger partial charge in [-0.15, -0.1) is 0 Å². The summed E-state index contributed by atoms with van der Waals surface area (Å²) in [6.45, 7) is 47.0. The number of fused-ring (bicyclic) bond motifs is 14. The van der Waals surface area contributed by atoms with Gasteiger partial charge in [0.2, 0.25) is 0 Å². The zero-order valence-corrected chi connectivity index (χ0v) is 58.5. The van der Waals surface area contributed by atoms with Gasteiger partial charge < -0.3 is 34.3 Å². The summed E-state index contributed by atoms with van der Waals surface area (Å²) in [7, 11) is 7.00. The molecule has 0 saturated heterocycles. The number of rotatable bonds is 4. The van der Waals surface area contributed by atoms with Gasteiger partial charge in [0.25, 0.3) is 0 Å². The van der Waals surface area contributed by atoms with Gasteiger partial charge in [-0.3, -0.25) is 0 Å². The van der Waals surface area contributed by atoms with Crippen LogP contribution in [0.3, 0.4) is 0 Å². The first-order valence-corrected chi connectivity index (χ1v) is 31.9. The monoisotopic (exact) mass is 1190 g/mol. The Morgan fingerprint density at radius 2 is 0.307 bits per heavy atom. The van der Waals surface area contributed by atoms with Crippen LogP contribution in [0.5, 0.6) is 40.2 Å². The summed E-state index contributed by atoms with van der Waals surface area (Å²) >= 11 is 0. The van der Waals surface area contributed by atoms with Gasteiger partial charge in [0.05, 0.1) is 28.4 Å². The van der Waals surface area contributed by atoms with Gasteiger partial charge in [-0.25, -0.2) is 0 Å². The maximum absolute atomic E-state index is 13.0. The molecule has 1 aliphatic rings. The maximum atomic E-state index is 13.0. The summed E-state index contributed by atoms with van der Waals surface area (Å²) in [5.74, 6) is 3.73. The standard InChI is InChI=1S/C81H106O7/c1-75(2,3)61-33-47-26-53-39-64(78(10,11)12)41-55(71(53)85-22)28-49-35-62(76(4,5)6)37-51(69(49)83)30-57-43-66(80(16,17)18)45-59(73(57)87-24)32-60-46-67(81(19,20)21)44-58(74(60)88-25)31-52-38-63(77(7,8)9)36-50(70(52)84)29-56-42-65(79(13,14)15)40-54(72(56)86-23)27-48(34-61)68(47)82/h33-46,82-84H,26-32H2,1-25H3. The molecule has 0 amide bonds. The first-order valence-electron chi connectivity index (χ1n) is 31.9. The highest BCUT2D eigenvalue weighted by atomic mass is 16.5. The van der Waals surface area contributed by atoms with Crippen LogP contribution in [0.1, 0.15) is 262 Å². The van der Waals surface area contributed by atoms with Crippen LogP contribution in [-0.2, 0) is 82.9 Å². The number of phenols is 3. The van der Waals surface area contributed by atoms with E-state index in [4.69, 9.17) is 18.9 Å². The lowest BCUT2D eigenvalue weighted by molar-refractivity contribution is 0.399. The fraction of sp³-hybridized carbons (Fsp3) is 0.481. The molecule has 7 nitrogen and oxygen atoms in total. The van der Waals surface area contributed by atoms with E-state index in [0.29, 0.717) is 44.9 Å². The van der Waals surface area contributed by atoms with Gasteiger partial charge in [0, 0.05) is 44.9 Å². The molecule has 0 radical (unpaired) electrons. The summed E-state index contributed by atoms with van der Waals surface area (Å²) in [4.78, 5) is 0. The first kappa shape index (κ1) is 67.1. The molecule has 3 N–H and O–H groups in total. The average Bonchev–Trinajstić information content (AvgIpc) is 1.38. The fourth-order valence-electron chi connectivity index (χ4n) is 12.7. The summed E-state index contributed by atoms with van der Waals surface area (Å²) in [6.07, 6.45) is 2.96.